The predicted octanol–water partition coefficient (Wildman–Crippen LogP) is 2.37. The zero-order valence-corrected chi connectivity index (χ0v) is 11.5. The van der Waals surface area contributed by atoms with Crippen LogP contribution in [0.2, 0.25) is 5.02 Å². The van der Waals surface area contributed by atoms with E-state index in [1.165, 1.54) is 0 Å². The van der Waals surface area contributed by atoms with Gasteiger partial charge in [0.25, 0.3) is 0 Å². The van der Waals surface area contributed by atoms with Crippen LogP contribution >= 0.6 is 11.6 Å². The zero-order valence-electron chi connectivity index (χ0n) is 10.7. The predicted molar refractivity (Wildman–Crippen MR) is 68.5 cm³/mol. The van der Waals surface area contributed by atoms with Crippen molar-refractivity contribution in [2.24, 2.45) is 0 Å². The molecule has 0 saturated carbocycles. The third kappa shape index (κ3) is 2.04. The average Bonchev–Trinajstić information content (AvgIpc) is 2.32. The van der Waals surface area contributed by atoms with Crippen molar-refractivity contribution < 1.29 is 15.1 Å². The second kappa shape index (κ2) is 4.47. The summed E-state index contributed by atoms with van der Waals surface area (Å²) >= 11 is 5.97. The summed E-state index contributed by atoms with van der Waals surface area (Å²) in [6.45, 7) is 5.68. The normalized spacial score (nSPS) is 32.4. The average molecular weight is 272 g/mol. The molecule has 0 radical (unpaired) electrons. The molecule has 1 aliphatic rings. The number of halogens is 1. The van der Waals surface area contributed by atoms with Crippen molar-refractivity contribution in [1.82, 2.24) is 5.06 Å². The van der Waals surface area contributed by atoms with Crippen molar-refractivity contribution >= 4 is 11.6 Å². The number of hydroxylamine groups is 2. The summed E-state index contributed by atoms with van der Waals surface area (Å²) < 4.78 is 5.38. The van der Waals surface area contributed by atoms with Gasteiger partial charge in [0.15, 0.2) is 6.29 Å². The van der Waals surface area contributed by atoms with Crippen molar-refractivity contribution in [3.05, 3.63) is 34.9 Å². The minimum absolute atomic E-state index is 0.251. The van der Waals surface area contributed by atoms with E-state index in [0.717, 1.165) is 5.06 Å². The van der Waals surface area contributed by atoms with Gasteiger partial charge in [0.05, 0.1) is 12.1 Å². The van der Waals surface area contributed by atoms with Gasteiger partial charge in [-0.2, -0.15) is 5.06 Å². The minimum Gasteiger partial charge on any atom is -0.366 e. The second-order valence-electron chi connectivity index (χ2n) is 5.45. The number of aliphatic hydroxyl groups is 1. The number of rotatable bonds is 1. The molecule has 1 aliphatic heterocycles. The standard InChI is InChI=1S/C13H18ClNO3/c1-12(2)8-18-11(16)13(3,15(12)17)9-5-4-6-10(14)7-9/h4-7,11,16-17H,8H2,1-3H3. The first-order chi connectivity index (χ1) is 8.28. The number of benzene rings is 1. The molecule has 5 heteroatoms. The maximum Gasteiger partial charge on any atom is 0.179 e. The zero-order chi connectivity index (χ0) is 13.6. The van der Waals surface area contributed by atoms with Crippen molar-refractivity contribution in [3.63, 3.8) is 0 Å². The number of morpholine rings is 1. The summed E-state index contributed by atoms with van der Waals surface area (Å²) in [5.41, 5.74) is -0.930. The van der Waals surface area contributed by atoms with Crippen LogP contribution in [0.25, 0.3) is 0 Å². The van der Waals surface area contributed by atoms with Crippen LogP contribution in [-0.4, -0.2) is 33.8 Å². The maximum absolute atomic E-state index is 10.4. The molecule has 0 amide bonds. The molecule has 2 atom stereocenters. The molecular formula is C13H18ClNO3. The molecule has 0 aromatic heterocycles. The van der Waals surface area contributed by atoms with Crippen LogP contribution in [0, 0.1) is 0 Å². The first-order valence-corrected chi connectivity index (χ1v) is 6.21. The fourth-order valence-corrected chi connectivity index (χ4v) is 2.50. The molecule has 4 nitrogen and oxygen atoms in total. The smallest absolute Gasteiger partial charge is 0.179 e. The van der Waals surface area contributed by atoms with Gasteiger partial charge < -0.3 is 15.1 Å². The highest BCUT2D eigenvalue weighted by atomic mass is 35.5. The van der Waals surface area contributed by atoms with Gasteiger partial charge in [-0.05, 0) is 38.5 Å². The summed E-state index contributed by atoms with van der Waals surface area (Å²) in [6.07, 6.45) is -1.12. The third-order valence-electron chi connectivity index (χ3n) is 3.50. The summed E-state index contributed by atoms with van der Waals surface area (Å²) in [7, 11) is 0. The van der Waals surface area contributed by atoms with E-state index in [0.29, 0.717) is 10.6 Å². The molecule has 0 aliphatic carbocycles. The number of ether oxygens (including phenoxy) is 1. The molecule has 1 aromatic carbocycles. The van der Waals surface area contributed by atoms with Crippen molar-refractivity contribution in [1.29, 1.82) is 0 Å². The Bertz CT molecular complexity index is 452. The molecule has 0 spiro atoms. The fourth-order valence-electron chi connectivity index (χ4n) is 2.31. The van der Waals surface area contributed by atoms with Gasteiger partial charge in [0.2, 0.25) is 0 Å². The van der Waals surface area contributed by atoms with E-state index in [1.54, 1.807) is 25.1 Å². The first-order valence-electron chi connectivity index (χ1n) is 5.83. The van der Waals surface area contributed by atoms with E-state index in [9.17, 15) is 10.3 Å². The molecule has 1 saturated heterocycles. The van der Waals surface area contributed by atoms with Gasteiger partial charge in [0.1, 0.15) is 5.54 Å². The van der Waals surface area contributed by atoms with Crippen LogP contribution in [-0.2, 0) is 10.3 Å². The van der Waals surface area contributed by atoms with Gasteiger partial charge in [-0.3, -0.25) is 0 Å². The van der Waals surface area contributed by atoms with E-state index in [4.69, 9.17) is 16.3 Å². The van der Waals surface area contributed by atoms with Crippen LogP contribution in [0.4, 0.5) is 0 Å². The highest BCUT2D eigenvalue weighted by molar-refractivity contribution is 6.30. The quantitative estimate of drug-likeness (QED) is 0.823. The third-order valence-corrected chi connectivity index (χ3v) is 3.73. The molecule has 1 fully saturated rings. The lowest BCUT2D eigenvalue weighted by atomic mass is 9.85. The maximum atomic E-state index is 10.4. The van der Waals surface area contributed by atoms with Crippen molar-refractivity contribution in [2.75, 3.05) is 6.61 Å². The molecule has 2 N–H and O–H groups in total. The minimum atomic E-state index is -1.12. The van der Waals surface area contributed by atoms with Crippen LogP contribution < -0.4 is 0 Å². The van der Waals surface area contributed by atoms with Gasteiger partial charge in [-0.1, -0.05) is 23.7 Å². The Morgan fingerprint density at radius 1 is 1.39 bits per heavy atom. The van der Waals surface area contributed by atoms with E-state index in [2.05, 4.69) is 0 Å². The SMILES string of the molecule is CC1(C)COC(O)C(C)(c2cccc(Cl)c2)N1O. The van der Waals surface area contributed by atoms with Crippen LogP contribution in [0.3, 0.4) is 0 Å². The fraction of sp³-hybridized carbons (Fsp3) is 0.538. The van der Waals surface area contributed by atoms with E-state index < -0.39 is 17.4 Å². The number of hydrogen-bond donors (Lipinski definition) is 2. The molecule has 2 unspecified atom stereocenters. The summed E-state index contributed by atoms with van der Waals surface area (Å²) in [5, 5.41) is 22.2. The van der Waals surface area contributed by atoms with E-state index >= 15 is 0 Å². The Hall–Kier alpha value is -0.650. The molecular weight excluding hydrogens is 254 g/mol. The summed E-state index contributed by atoms with van der Waals surface area (Å²) in [4.78, 5) is 0. The molecule has 0 bridgehead atoms. The van der Waals surface area contributed by atoms with Gasteiger partial charge >= 0.3 is 0 Å². The highest BCUT2D eigenvalue weighted by Crippen LogP contribution is 2.40. The second-order valence-corrected chi connectivity index (χ2v) is 5.88. The molecule has 1 heterocycles. The summed E-state index contributed by atoms with van der Waals surface area (Å²) in [5.74, 6) is 0. The van der Waals surface area contributed by atoms with Crippen molar-refractivity contribution in [3.8, 4) is 0 Å². The first kappa shape index (κ1) is 13.8. The highest BCUT2D eigenvalue weighted by Gasteiger charge is 2.51. The van der Waals surface area contributed by atoms with Crippen LogP contribution in [0.5, 0.6) is 0 Å². The van der Waals surface area contributed by atoms with Crippen LogP contribution in [0.1, 0.15) is 26.3 Å². The lowest BCUT2D eigenvalue weighted by molar-refractivity contribution is -0.351. The van der Waals surface area contributed by atoms with E-state index in [1.807, 2.05) is 19.9 Å². The lowest BCUT2D eigenvalue weighted by Gasteiger charge is -2.52. The Kier molecular flexibility index (Phi) is 3.42. The van der Waals surface area contributed by atoms with Crippen LogP contribution in [0.15, 0.2) is 24.3 Å². The molecule has 1 aromatic rings. The Labute approximate surface area is 112 Å². The monoisotopic (exact) mass is 271 g/mol. The topological polar surface area (TPSA) is 52.9 Å². The van der Waals surface area contributed by atoms with Gasteiger partial charge in [-0.25, -0.2) is 0 Å². The number of hydrogen-bond acceptors (Lipinski definition) is 4. The number of aliphatic hydroxyl groups excluding tert-OH is 1. The Morgan fingerprint density at radius 2 is 2.06 bits per heavy atom. The summed E-state index contributed by atoms with van der Waals surface area (Å²) in [6, 6.07) is 7.06. The lowest BCUT2D eigenvalue weighted by Crippen LogP contribution is -2.65. The van der Waals surface area contributed by atoms with Gasteiger partial charge in [-0.15, -0.1) is 0 Å². The Morgan fingerprint density at radius 3 is 2.67 bits per heavy atom. The van der Waals surface area contributed by atoms with E-state index in [-0.39, 0.29) is 6.61 Å². The molecule has 100 valence electrons. The largest absolute Gasteiger partial charge is 0.366 e. The van der Waals surface area contributed by atoms with Gasteiger partial charge in [0, 0.05) is 5.02 Å². The Balaban J connectivity index is 2.49. The van der Waals surface area contributed by atoms with Crippen molar-refractivity contribution in [2.45, 2.75) is 38.1 Å². The molecule has 2 rings (SSSR count). The number of nitrogens with zero attached hydrogens (tertiary/aromatic N) is 1. The molecule has 18 heavy (non-hydrogen) atoms.